The van der Waals surface area contributed by atoms with Crippen molar-refractivity contribution >= 4 is 39.7 Å². The number of hydrogen-bond donors (Lipinski definition) is 5. The number of ether oxygens (including phenoxy) is 1. The molecule has 2 amide bonds. The number of carboxylic acid groups (broad SMARTS) is 1. The van der Waals surface area contributed by atoms with E-state index in [9.17, 15) is 42.7 Å². The fourth-order valence-corrected chi connectivity index (χ4v) is 6.54. The van der Waals surface area contributed by atoms with E-state index in [-0.39, 0.29) is 6.42 Å². The maximum Gasteiger partial charge on any atom is 0.352 e. The number of hydrogen-bond acceptors (Lipinski definition) is 9. The van der Waals surface area contributed by atoms with E-state index >= 15 is 0 Å². The number of nitrogens with zero attached hydrogens (tertiary/aromatic N) is 1. The van der Waals surface area contributed by atoms with Crippen LogP contribution in [0.5, 0.6) is 11.5 Å². The van der Waals surface area contributed by atoms with Crippen molar-refractivity contribution < 1.29 is 47.4 Å². The van der Waals surface area contributed by atoms with E-state index in [2.05, 4.69) is 5.32 Å². The van der Waals surface area contributed by atoms with Crippen LogP contribution in [-0.2, 0) is 29.2 Å². The average molecular weight is 476 g/mol. The van der Waals surface area contributed by atoms with Crippen molar-refractivity contribution in [2.75, 3.05) is 7.11 Å². The summed E-state index contributed by atoms with van der Waals surface area (Å²) in [5.74, 6) is -5.12. The number of benzene rings is 1. The predicted octanol–water partition coefficient (Wildman–Crippen LogP) is -0.0183. The largest absolute Gasteiger partial charge is 0.504 e. The van der Waals surface area contributed by atoms with Crippen molar-refractivity contribution in [3.63, 3.8) is 0 Å². The normalized spacial score (nSPS) is 27.9. The second kappa shape index (κ2) is 6.98. The Hall–Kier alpha value is -2.55. The minimum Gasteiger partial charge on any atom is -0.504 e. The number of fused-ring (bicyclic) bond motifs is 1. The second-order valence-electron chi connectivity index (χ2n) is 7.58. The van der Waals surface area contributed by atoms with Crippen molar-refractivity contribution in [3.8, 4) is 11.5 Å². The van der Waals surface area contributed by atoms with Gasteiger partial charge in [-0.1, -0.05) is 17.8 Å². The average Bonchev–Trinajstić information content (AvgIpc) is 2.77. The SMILES string of the molecule is COC12CC(=O)N1[C@@](NC(=O)[C@@H](c1ccc(O)c(O)c1)S(=O)(=O)O)(C(=O)O)C(C)(C)S2. The number of amides is 2. The Labute approximate surface area is 180 Å². The van der Waals surface area contributed by atoms with Gasteiger partial charge in [-0.3, -0.25) is 19.0 Å². The Balaban J connectivity index is 2.12. The summed E-state index contributed by atoms with van der Waals surface area (Å²) in [5, 5.41) is 27.6. The highest BCUT2D eigenvalue weighted by atomic mass is 32.2. The van der Waals surface area contributed by atoms with Gasteiger partial charge in [-0.25, -0.2) is 4.79 Å². The zero-order chi connectivity index (χ0) is 23.6. The molecule has 2 heterocycles. The first-order valence-electron chi connectivity index (χ1n) is 8.75. The van der Waals surface area contributed by atoms with Gasteiger partial charge in [0, 0.05) is 7.11 Å². The summed E-state index contributed by atoms with van der Waals surface area (Å²) < 4.78 is 37.7. The minimum atomic E-state index is -5.16. The first-order valence-corrected chi connectivity index (χ1v) is 11.1. The van der Waals surface area contributed by atoms with Gasteiger partial charge in [0.25, 0.3) is 10.1 Å². The second-order valence-corrected chi connectivity index (χ2v) is 10.9. The highest BCUT2D eigenvalue weighted by Crippen LogP contribution is 2.62. The summed E-state index contributed by atoms with van der Waals surface area (Å²) in [4.78, 5) is 38.7. The zero-order valence-corrected chi connectivity index (χ0v) is 18.2. The highest BCUT2D eigenvalue weighted by Gasteiger charge is 2.77. The van der Waals surface area contributed by atoms with Crippen molar-refractivity contribution in [2.45, 2.75) is 41.0 Å². The van der Waals surface area contributed by atoms with Gasteiger partial charge >= 0.3 is 5.97 Å². The number of thioether (sulfide) groups is 1. The van der Waals surface area contributed by atoms with E-state index in [1.165, 1.54) is 21.0 Å². The quantitative estimate of drug-likeness (QED) is 0.211. The van der Waals surface area contributed by atoms with Crippen LogP contribution >= 0.6 is 11.8 Å². The van der Waals surface area contributed by atoms with Gasteiger partial charge in [-0.15, -0.1) is 0 Å². The molecule has 1 unspecified atom stereocenters. The number of carbonyl (C=O) groups is 3. The van der Waals surface area contributed by atoms with Gasteiger partial charge < -0.3 is 25.4 Å². The van der Waals surface area contributed by atoms with E-state index in [4.69, 9.17) is 4.74 Å². The standard InChI is InChI=1S/C17H20N2O10S2/c1-15(2)17(14(24)25,19-11(22)7-16(19,29-3)30-15)18-13(23)12(31(26,27)28)8-4-5-9(20)10(21)6-8/h4-6,12,20-21H,7H2,1-3H3,(H,18,23)(H,24,25)(H,26,27,28)/t12-,16?,17+/m1/s1. The summed E-state index contributed by atoms with van der Waals surface area (Å²) >= 11 is 0.968. The molecule has 0 aromatic heterocycles. The fraction of sp³-hybridized carbons (Fsp3) is 0.471. The van der Waals surface area contributed by atoms with Gasteiger partial charge in [-0.2, -0.15) is 8.42 Å². The number of carbonyl (C=O) groups excluding carboxylic acids is 2. The molecule has 2 fully saturated rings. The Morgan fingerprint density at radius 3 is 2.32 bits per heavy atom. The lowest BCUT2D eigenvalue weighted by molar-refractivity contribution is -0.207. The number of β-lactam (4-membered cyclic amide) rings is 1. The number of nitrogens with one attached hydrogen (secondary N) is 1. The molecular weight excluding hydrogens is 456 g/mol. The van der Waals surface area contributed by atoms with Crippen molar-refractivity contribution in [1.82, 2.24) is 10.2 Å². The zero-order valence-electron chi connectivity index (χ0n) is 16.5. The summed E-state index contributed by atoms with van der Waals surface area (Å²) in [6.07, 6.45) is -0.157. The van der Waals surface area contributed by atoms with Crippen molar-refractivity contribution in [2.24, 2.45) is 0 Å². The predicted molar refractivity (Wildman–Crippen MR) is 105 cm³/mol. The van der Waals surface area contributed by atoms with Gasteiger partial charge in [-0.05, 0) is 31.5 Å². The maximum absolute atomic E-state index is 13.1. The number of phenolic OH excluding ortho intramolecular Hbond substituents is 2. The molecule has 1 aromatic rings. The summed E-state index contributed by atoms with van der Waals surface area (Å²) in [5.41, 5.74) is -2.85. The van der Waals surface area contributed by atoms with Crippen molar-refractivity contribution in [1.29, 1.82) is 0 Å². The van der Waals surface area contributed by atoms with Gasteiger partial charge in [0.15, 0.2) is 16.7 Å². The number of methoxy groups -OCH3 is 1. The first kappa shape index (κ1) is 23.1. The van der Waals surface area contributed by atoms with Crippen LogP contribution in [0.1, 0.15) is 31.1 Å². The van der Waals surface area contributed by atoms with Crippen LogP contribution in [-0.4, -0.2) is 73.6 Å². The monoisotopic (exact) mass is 476 g/mol. The minimum absolute atomic E-state index is 0.157. The Morgan fingerprint density at radius 1 is 1.26 bits per heavy atom. The molecule has 1 aromatic carbocycles. The molecule has 0 aliphatic carbocycles. The summed E-state index contributed by atoms with van der Waals surface area (Å²) in [7, 11) is -3.90. The highest BCUT2D eigenvalue weighted by molar-refractivity contribution is 8.02. The van der Waals surface area contributed by atoms with Crippen LogP contribution in [0.3, 0.4) is 0 Å². The molecule has 2 aliphatic heterocycles. The smallest absolute Gasteiger partial charge is 0.352 e. The molecule has 3 rings (SSSR count). The maximum atomic E-state index is 13.1. The van der Waals surface area contributed by atoms with Gasteiger partial charge in [0.05, 0.1) is 11.2 Å². The molecule has 3 atom stereocenters. The molecule has 2 aliphatic rings. The third-order valence-corrected chi connectivity index (χ3v) is 8.06. The topological polar surface area (TPSA) is 191 Å². The molecule has 5 N–H and O–H groups in total. The van der Waals surface area contributed by atoms with Crippen LogP contribution in [0.25, 0.3) is 0 Å². The third kappa shape index (κ3) is 3.21. The molecule has 0 bridgehead atoms. The van der Waals surface area contributed by atoms with E-state index in [0.717, 1.165) is 34.9 Å². The number of carboxylic acids is 1. The van der Waals surface area contributed by atoms with Crippen LogP contribution in [0, 0.1) is 0 Å². The molecule has 0 spiro atoms. The molecule has 12 nitrogen and oxygen atoms in total. The molecule has 0 radical (unpaired) electrons. The van der Waals surface area contributed by atoms with Crippen molar-refractivity contribution in [3.05, 3.63) is 23.8 Å². The number of aromatic hydroxyl groups is 2. The van der Waals surface area contributed by atoms with Crippen LogP contribution < -0.4 is 5.32 Å². The molecule has 14 heteroatoms. The lowest BCUT2D eigenvalue weighted by Gasteiger charge is -2.51. The summed E-state index contributed by atoms with van der Waals surface area (Å²) in [6.45, 7) is 2.88. The van der Waals surface area contributed by atoms with Crippen LogP contribution in [0.2, 0.25) is 0 Å². The molecular formula is C17H20N2O10S2. The lowest BCUT2D eigenvalue weighted by atomic mass is 9.88. The Kier molecular flexibility index (Phi) is 5.21. The first-order chi connectivity index (χ1) is 14.1. The van der Waals surface area contributed by atoms with Gasteiger partial charge in [0.1, 0.15) is 0 Å². The Morgan fingerprint density at radius 2 is 1.87 bits per heavy atom. The summed E-state index contributed by atoms with van der Waals surface area (Å²) in [6, 6.07) is 2.60. The van der Waals surface area contributed by atoms with Crippen LogP contribution in [0.4, 0.5) is 0 Å². The van der Waals surface area contributed by atoms with E-state index in [1.54, 1.807) is 0 Å². The van der Waals surface area contributed by atoms with Gasteiger partial charge in [0.2, 0.25) is 22.5 Å². The molecule has 0 saturated carbocycles. The number of aliphatic carboxylic acids is 1. The molecule has 170 valence electrons. The third-order valence-electron chi connectivity index (χ3n) is 5.36. The van der Waals surface area contributed by atoms with E-state index in [1.807, 2.05) is 0 Å². The number of rotatable bonds is 6. The van der Waals surface area contributed by atoms with Crippen LogP contribution in [0.15, 0.2) is 18.2 Å². The van der Waals surface area contributed by atoms with E-state index < -0.39 is 65.7 Å². The Bertz CT molecular complexity index is 1090. The lowest BCUT2D eigenvalue weighted by Crippen LogP contribution is -2.78. The molecule has 2 saturated heterocycles. The van der Waals surface area contributed by atoms with E-state index in [0.29, 0.717) is 0 Å². The molecule has 31 heavy (non-hydrogen) atoms. The fourth-order valence-electron chi connectivity index (χ4n) is 3.94. The number of phenols is 2.